The van der Waals surface area contributed by atoms with Gasteiger partial charge in [-0.2, -0.15) is 0 Å². The van der Waals surface area contributed by atoms with Crippen molar-refractivity contribution in [1.29, 1.82) is 5.41 Å². The Balaban J connectivity index is 0.00000338. The van der Waals surface area contributed by atoms with Crippen molar-refractivity contribution in [2.75, 3.05) is 13.1 Å². The van der Waals surface area contributed by atoms with Gasteiger partial charge in [0, 0.05) is 19.5 Å². The quantitative estimate of drug-likeness (QED) is 0.340. The van der Waals surface area contributed by atoms with Gasteiger partial charge in [-0.15, -0.1) is 12.4 Å². The maximum atomic E-state index is 12.1. The number of piperidine rings is 1. The number of hydrogen-bond donors (Lipinski definition) is 2. The van der Waals surface area contributed by atoms with E-state index in [1.165, 1.54) is 0 Å². The first-order chi connectivity index (χ1) is 11.7. The van der Waals surface area contributed by atoms with Gasteiger partial charge in [0.05, 0.1) is 5.02 Å². The lowest BCUT2D eigenvalue weighted by atomic mass is 9.87. The second-order valence-corrected chi connectivity index (χ2v) is 8.13. The third-order valence-corrected chi connectivity index (χ3v) is 5.03. The minimum absolute atomic E-state index is 0. The predicted molar refractivity (Wildman–Crippen MR) is 108 cm³/mol. The normalized spacial score (nSPS) is 15.3. The van der Waals surface area contributed by atoms with Crippen LogP contribution in [0.3, 0.4) is 0 Å². The van der Waals surface area contributed by atoms with E-state index in [2.05, 4.69) is 20.8 Å². The lowest BCUT2D eigenvalue weighted by molar-refractivity contribution is -0.134. The van der Waals surface area contributed by atoms with Crippen molar-refractivity contribution in [3.63, 3.8) is 0 Å². The van der Waals surface area contributed by atoms with Crippen molar-refractivity contribution in [2.45, 2.75) is 51.9 Å². The molecule has 1 aromatic rings. The van der Waals surface area contributed by atoms with Crippen molar-refractivity contribution < 1.29 is 9.53 Å². The Kier molecular flexibility index (Phi) is 8.22. The average molecular weight is 402 g/mol. The Morgan fingerprint density at radius 1 is 1.35 bits per heavy atom. The molecule has 5 nitrogen and oxygen atoms in total. The average Bonchev–Trinajstić information content (AvgIpc) is 2.54. The molecule has 1 fully saturated rings. The summed E-state index contributed by atoms with van der Waals surface area (Å²) in [6, 6.07) is 5.58. The number of nitrogens with zero attached hydrogens (tertiary/aromatic N) is 1. The molecule has 0 unspecified atom stereocenters. The topological polar surface area (TPSA) is 79.4 Å². The molecule has 0 saturated carbocycles. The monoisotopic (exact) mass is 401 g/mol. The first-order valence-electron chi connectivity index (χ1n) is 8.76. The molecular formula is C19H29Cl2N3O2. The van der Waals surface area contributed by atoms with E-state index in [0.29, 0.717) is 23.1 Å². The summed E-state index contributed by atoms with van der Waals surface area (Å²) in [4.78, 5) is 14.0. The number of nitrogens with two attached hydrogens (primary N) is 1. The number of esters is 1. The van der Waals surface area contributed by atoms with Crippen LogP contribution in [-0.2, 0) is 10.2 Å². The van der Waals surface area contributed by atoms with Gasteiger partial charge in [-0.1, -0.05) is 38.4 Å². The number of benzene rings is 1. The van der Waals surface area contributed by atoms with Gasteiger partial charge in [0.1, 0.15) is 5.75 Å². The summed E-state index contributed by atoms with van der Waals surface area (Å²) in [7, 11) is 0. The number of hydrogen-bond acceptors (Lipinski definition) is 3. The summed E-state index contributed by atoms with van der Waals surface area (Å²) in [6.07, 6.45) is 3.08. The van der Waals surface area contributed by atoms with Crippen molar-refractivity contribution in [1.82, 2.24) is 4.90 Å². The Morgan fingerprint density at radius 2 is 1.96 bits per heavy atom. The van der Waals surface area contributed by atoms with E-state index in [1.54, 1.807) is 6.07 Å². The molecule has 3 N–H and O–H groups in total. The number of carbonyl (C=O) groups excluding carboxylic acids is 1. The van der Waals surface area contributed by atoms with Crippen LogP contribution in [0.1, 0.15) is 52.0 Å². The third-order valence-electron chi connectivity index (χ3n) is 4.73. The molecule has 2 rings (SSSR count). The molecule has 26 heavy (non-hydrogen) atoms. The van der Waals surface area contributed by atoms with Crippen molar-refractivity contribution >= 4 is 35.9 Å². The number of halogens is 2. The lowest BCUT2D eigenvalue weighted by Crippen LogP contribution is -2.42. The molecular weight excluding hydrogens is 373 g/mol. The summed E-state index contributed by atoms with van der Waals surface area (Å²) < 4.78 is 5.43. The maximum Gasteiger partial charge on any atom is 0.311 e. The summed E-state index contributed by atoms with van der Waals surface area (Å²) in [5.74, 6) is 0.776. The largest absolute Gasteiger partial charge is 0.425 e. The lowest BCUT2D eigenvalue weighted by Gasteiger charge is -2.31. The minimum atomic E-state index is -0.251. The van der Waals surface area contributed by atoms with Crippen molar-refractivity contribution in [2.24, 2.45) is 11.7 Å². The molecule has 1 aromatic carbocycles. The third kappa shape index (κ3) is 6.36. The van der Waals surface area contributed by atoms with Crippen LogP contribution in [0.4, 0.5) is 0 Å². The SMILES string of the molecule is CC(C)(C)c1ccc(OC(=O)CCC2CCN(C(=N)N)CC2)c(Cl)c1.Cl. The molecule has 0 aliphatic carbocycles. The van der Waals surface area contributed by atoms with E-state index in [9.17, 15) is 4.79 Å². The van der Waals surface area contributed by atoms with E-state index in [1.807, 2.05) is 17.0 Å². The number of ether oxygens (including phenoxy) is 1. The first-order valence-corrected chi connectivity index (χ1v) is 9.14. The molecule has 1 heterocycles. The first kappa shape index (κ1) is 22.6. The molecule has 0 radical (unpaired) electrons. The minimum Gasteiger partial charge on any atom is -0.425 e. The number of nitrogens with one attached hydrogen (secondary N) is 1. The second-order valence-electron chi connectivity index (χ2n) is 7.72. The van der Waals surface area contributed by atoms with Gasteiger partial charge in [0.2, 0.25) is 0 Å². The summed E-state index contributed by atoms with van der Waals surface area (Å²) in [6.45, 7) is 7.91. The highest BCUT2D eigenvalue weighted by molar-refractivity contribution is 6.32. The van der Waals surface area contributed by atoms with Crippen molar-refractivity contribution in [3.05, 3.63) is 28.8 Å². The summed E-state index contributed by atoms with van der Waals surface area (Å²) in [5.41, 5.74) is 6.60. The van der Waals surface area contributed by atoms with Crippen LogP contribution in [0.5, 0.6) is 5.75 Å². The highest BCUT2D eigenvalue weighted by Gasteiger charge is 2.21. The Morgan fingerprint density at radius 3 is 2.46 bits per heavy atom. The number of carbonyl (C=O) groups is 1. The van der Waals surface area contributed by atoms with Crippen LogP contribution in [0.25, 0.3) is 0 Å². The zero-order chi connectivity index (χ0) is 18.6. The second kappa shape index (κ2) is 9.47. The van der Waals surface area contributed by atoms with Crippen LogP contribution < -0.4 is 10.5 Å². The number of rotatable bonds is 4. The fourth-order valence-electron chi connectivity index (χ4n) is 3.01. The highest BCUT2D eigenvalue weighted by atomic mass is 35.5. The van der Waals surface area contributed by atoms with Crippen LogP contribution in [-0.4, -0.2) is 29.9 Å². The zero-order valence-electron chi connectivity index (χ0n) is 15.7. The molecule has 0 bridgehead atoms. The van der Waals surface area contributed by atoms with Crippen LogP contribution in [0, 0.1) is 11.3 Å². The van der Waals surface area contributed by atoms with Crippen LogP contribution in [0.2, 0.25) is 5.02 Å². The van der Waals surface area contributed by atoms with Gasteiger partial charge in [0.25, 0.3) is 0 Å². The fraction of sp³-hybridized carbons (Fsp3) is 0.579. The van der Waals surface area contributed by atoms with Crippen LogP contribution >= 0.6 is 24.0 Å². The Labute approximate surface area is 167 Å². The molecule has 7 heteroatoms. The molecule has 0 amide bonds. The smallest absolute Gasteiger partial charge is 0.311 e. The number of guanidine groups is 1. The maximum absolute atomic E-state index is 12.1. The molecule has 1 aliphatic heterocycles. The van der Waals surface area contributed by atoms with E-state index >= 15 is 0 Å². The van der Waals surface area contributed by atoms with E-state index in [4.69, 9.17) is 27.5 Å². The van der Waals surface area contributed by atoms with E-state index in [0.717, 1.165) is 37.9 Å². The zero-order valence-corrected chi connectivity index (χ0v) is 17.3. The van der Waals surface area contributed by atoms with Crippen molar-refractivity contribution in [3.8, 4) is 5.75 Å². The molecule has 1 saturated heterocycles. The Bertz CT molecular complexity index is 636. The van der Waals surface area contributed by atoms with Gasteiger partial charge in [0.15, 0.2) is 5.96 Å². The van der Waals surface area contributed by atoms with Crippen LogP contribution in [0.15, 0.2) is 18.2 Å². The standard InChI is InChI=1S/C19H28ClN3O2.ClH/c1-19(2,3)14-5-6-16(15(20)12-14)25-17(24)7-4-13-8-10-23(11-9-13)18(21)22;/h5-6,12-13H,4,7-11H2,1-3H3,(H3,21,22);1H. The molecule has 0 atom stereocenters. The van der Waals surface area contributed by atoms with Gasteiger partial charge >= 0.3 is 5.97 Å². The van der Waals surface area contributed by atoms with E-state index in [-0.39, 0.29) is 29.8 Å². The number of likely N-dealkylation sites (tertiary alicyclic amines) is 1. The molecule has 0 spiro atoms. The highest BCUT2D eigenvalue weighted by Crippen LogP contribution is 2.31. The molecule has 146 valence electrons. The van der Waals surface area contributed by atoms with Gasteiger partial charge in [-0.25, -0.2) is 0 Å². The molecule has 1 aliphatic rings. The summed E-state index contributed by atoms with van der Waals surface area (Å²) >= 11 is 6.26. The van der Waals surface area contributed by atoms with Gasteiger partial charge < -0.3 is 15.4 Å². The predicted octanol–water partition coefficient (Wildman–Crippen LogP) is 4.35. The Hall–Kier alpha value is -1.46. The van der Waals surface area contributed by atoms with Gasteiger partial charge in [-0.05, 0) is 48.3 Å². The molecule has 0 aromatic heterocycles. The summed E-state index contributed by atoms with van der Waals surface area (Å²) in [5, 5.41) is 7.91. The van der Waals surface area contributed by atoms with Gasteiger partial charge in [-0.3, -0.25) is 10.2 Å². The van der Waals surface area contributed by atoms with E-state index < -0.39 is 0 Å². The fourth-order valence-corrected chi connectivity index (χ4v) is 3.23.